The van der Waals surface area contributed by atoms with Crippen LogP contribution < -0.4 is 9.47 Å². The van der Waals surface area contributed by atoms with Gasteiger partial charge >= 0.3 is 0 Å². The van der Waals surface area contributed by atoms with E-state index in [2.05, 4.69) is 0 Å². The first-order valence-corrected chi connectivity index (χ1v) is 11.9. The summed E-state index contributed by atoms with van der Waals surface area (Å²) in [5.41, 5.74) is 2.10. The summed E-state index contributed by atoms with van der Waals surface area (Å²) in [4.78, 5) is 14.0. The molecule has 2 aromatic rings. The Kier molecular flexibility index (Phi) is 5.79. The molecule has 2 aromatic carbocycles. The summed E-state index contributed by atoms with van der Waals surface area (Å²) in [6.07, 6.45) is 7.19. The van der Waals surface area contributed by atoms with Crippen LogP contribution in [0.2, 0.25) is 0 Å². The number of benzene rings is 2. The number of ether oxygens (including phenoxy) is 3. The van der Waals surface area contributed by atoms with E-state index in [4.69, 9.17) is 14.2 Å². The van der Waals surface area contributed by atoms with Crippen molar-refractivity contribution >= 4 is 11.9 Å². The molecule has 0 unspecified atom stereocenters. The second-order valence-corrected chi connectivity index (χ2v) is 9.69. The summed E-state index contributed by atoms with van der Waals surface area (Å²) in [6, 6.07) is 15.5. The number of methoxy groups -OCH3 is 2. The summed E-state index contributed by atoms with van der Waals surface area (Å²) < 4.78 is 17.1. The minimum absolute atomic E-state index is 0.00923. The summed E-state index contributed by atoms with van der Waals surface area (Å²) >= 11 is 0. The van der Waals surface area contributed by atoms with Gasteiger partial charge in [0.25, 0.3) is 0 Å². The Hall–Kier alpha value is -2.63. The van der Waals surface area contributed by atoms with Gasteiger partial charge in [-0.1, -0.05) is 30.7 Å². The van der Waals surface area contributed by atoms with E-state index in [1.165, 1.54) is 0 Å². The zero-order chi connectivity index (χ0) is 23.1. The molecule has 5 heteroatoms. The van der Waals surface area contributed by atoms with Crippen LogP contribution in [0.25, 0.3) is 6.08 Å². The molecule has 0 bridgehead atoms. The fourth-order valence-electron chi connectivity index (χ4n) is 6.03. The number of hydrogen-bond acceptors (Lipinski definition) is 5. The second kappa shape index (κ2) is 8.62. The van der Waals surface area contributed by atoms with Gasteiger partial charge in [0.2, 0.25) is 0 Å². The number of Topliss-reactive ketones (excluding diaryl/α,β-unsaturated/α-hetero) is 1. The van der Waals surface area contributed by atoms with E-state index in [9.17, 15) is 9.90 Å². The van der Waals surface area contributed by atoms with Crippen LogP contribution in [-0.2, 0) is 9.53 Å². The Labute approximate surface area is 195 Å². The molecular weight excluding hydrogens is 416 g/mol. The lowest BCUT2D eigenvalue weighted by atomic mass is 9.63. The summed E-state index contributed by atoms with van der Waals surface area (Å²) in [6.45, 7) is 0. The highest BCUT2D eigenvalue weighted by atomic mass is 16.6. The molecule has 33 heavy (non-hydrogen) atoms. The normalized spacial score (nSPS) is 32.7. The summed E-state index contributed by atoms with van der Waals surface area (Å²) in [5, 5.41) is 11.4. The number of rotatable bonds is 4. The maximum Gasteiger partial charge on any atom is 0.169 e. The van der Waals surface area contributed by atoms with Crippen molar-refractivity contribution in [2.75, 3.05) is 14.2 Å². The zero-order valence-electron chi connectivity index (χ0n) is 19.4. The highest BCUT2D eigenvalue weighted by Gasteiger charge is 2.61. The van der Waals surface area contributed by atoms with E-state index in [1.54, 1.807) is 14.2 Å². The molecule has 2 saturated carbocycles. The van der Waals surface area contributed by atoms with Crippen LogP contribution in [0.5, 0.6) is 11.5 Å². The first-order valence-electron chi connectivity index (χ1n) is 11.9. The van der Waals surface area contributed by atoms with Crippen molar-refractivity contribution in [3.8, 4) is 11.5 Å². The van der Waals surface area contributed by atoms with Crippen molar-refractivity contribution in [2.45, 2.75) is 56.8 Å². The third-order valence-corrected chi connectivity index (χ3v) is 7.87. The second-order valence-electron chi connectivity index (χ2n) is 9.69. The predicted molar refractivity (Wildman–Crippen MR) is 126 cm³/mol. The Morgan fingerprint density at radius 2 is 1.64 bits per heavy atom. The van der Waals surface area contributed by atoms with E-state index in [1.807, 2.05) is 54.6 Å². The number of hydrogen-bond donors (Lipinski definition) is 1. The van der Waals surface area contributed by atoms with Gasteiger partial charge in [-0.05, 0) is 79.1 Å². The molecule has 0 radical (unpaired) electrons. The minimum atomic E-state index is -1.16. The van der Waals surface area contributed by atoms with Crippen molar-refractivity contribution in [3.63, 3.8) is 0 Å². The Morgan fingerprint density at radius 1 is 0.970 bits per heavy atom. The molecule has 1 saturated heterocycles. The summed E-state index contributed by atoms with van der Waals surface area (Å²) in [5.74, 6) is 0.548. The number of ketones is 1. The maximum absolute atomic E-state index is 14.0. The average Bonchev–Trinajstić information content (AvgIpc) is 3.15. The first kappa shape index (κ1) is 22.2. The van der Waals surface area contributed by atoms with Crippen LogP contribution in [-0.4, -0.2) is 30.9 Å². The highest BCUT2D eigenvalue weighted by molar-refractivity contribution is 6.06. The maximum atomic E-state index is 14.0. The average molecular weight is 449 g/mol. The number of carbonyl (C=O) groups excluding carboxylic acids is 1. The predicted octanol–water partition coefficient (Wildman–Crippen LogP) is 5.48. The fraction of sp³-hybridized carbons (Fsp3) is 0.464. The topological polar surface area (TPSA) is 65.0 Å². The molecule has 3 aliphatic rings. The highest BCUT2D eigenvalue weighted by Crippen LogP contribution is 2.61. The van der Waals surface area contributed by atoms with Gasteiger partial charge in [-0.15, -0.1) is 0 Å². The van der Waals surface area contributed by atoms with Gasteiger partial charge in [0.05, 0.1) is 25.7 Å². The molecule has 0 aromatic heterocycles. The van der Waals surface area contributed by atoms with E-state index < -0.39 is 17.3 Å². The molecule has 1 spiro atoms. The molecule has 2 aliphatic carbocycles. The van der Waals surface area contributed by atoms with E-state index in [0.717, 1.165) is 53.9 Å². The van der Waals surface area contributed by atoms with Gasteiger partial charge in [0.15, 0.2) is 11.6 Å². The quantitative estimate of drug-likeness (QED) is 0.628. The molecule has 5 rings (SSSR count). The Balaban J connectivity index is 1.52. The van der Waals surface area contributed by atoms with E-state index >= 15 is 0 Å². The monoisotopic (exact) mass is 448 g/mol. The van der Waals surface area contributed by atoms with Gasteiger partial charge in [0.1, 0.15) is 11.5 Å². The third kappa shape index (κ3) is 3.87. The molecule has 4 atom stereocenters. The van der Waals surface area contributed by atoms with Gasteiger partial charge in [-0.25, -0.2) is 0 Å². The lowest BCUT2D eigenvalue weighted by Gasteiger charge is -2.53. The third-order valence-electron chi connectivity index (χ3n) is 7.87. The van der Waals surface area contributed by atoms with E-state index in [0.29, 0.717) is 19.3 Å². The van der Waals surface area contributed by atoms with Crippen LogP contribution in [0.1, 0.15) is 62.2 Å². The molecule has 3 fully saturated rings. The lowest BCUT2D eigenvalue weighted by Crippen LogP contribution is -2.55. The van der Waals surface area contributed by atoms with Crippen molar-refractivity contribution in [1.82, 2.24) is 0 Å². The SMILES string of the molecule is COc1ccc(C=C2CC[C@]3(C[C@@H]4CCCC[C@]4(O)O[C@@H]3c3ccc(OC)cc3)C2=O)cc1. The Bertz CT molecular complexity index is 1040. The van der Waals surface area contributed by atoms with Gasteiger partial charge in [-0.2, -0.15) is 0 Å². The van der Waals surface area contributed by atoms with Gasteiger partial charge < -0.3 is 19.3 Å². The fourth-order valence-corrected chi connectivity index (χ4v) is 6.03. The van der Waals surface area contributed by atoms with Crippen LogP contribution >= 0.6 is 0 Å². The van der Waals surface area contributed by atoms with Crippen molar-refractivity contribution in [3.05, 3.63) is 65.2 Å². The number of aliphatic hydroxyl groups is 1. The zero-order valence-corrected chi connectivity index (χ0v) is 19.4. The van der Waals surface area contributed by atoms with Gasteiger partial charge in [-0.3, -0.25) is 4.79 Å². The number of fused-ring (bicyclic) bond motifs is 1. The standard InChI is InChI=1S/C28H32O5/c1-31-23-10-6-19(7-11-23)17-21-14-16-27(25(21)29)18-22-5-3-4-15-28(22,30)33-26(27)20-8-12-24(32-2)13-9-20/h6-13,17,22,26,30H,3-5,14-16,18H2,1-2H3/t22-,26+,27-,28-/m0/s1. The lowest BCUT2D eigenvalue weighted by molar-refractivity contribution is -0.323. The molecule has 1 aliphatic heterocycles. The summed E-state index contributed by atoms with van der Waals surface area (Å²) in [7, 11) is 3.28. The molecule has 1 heterocycles. The largest absolute Gasteiger partial charge is 0.497 e. The molecule has 1 N–H and O–H groups in total. The van der Waals surface area contributed by atoms with Crippen molar-refractivity contribution in [2.24, 2.45) is 11.3 Å². The smallest absolute Gasteiger partial charge is 0.169 e. The molecule has 0 amide bonds. The number of allylic oxidation sites excluding steroid dienone is 1. The van der Waals surface area contributed by atoms with Crippen LogP contribution in [0.15, 0.2) is 54.1 Å². The molecular formula is C28H32O5. The van der Waals surface area contributed by atoms with Crippen molar-refractivity contribution in [1.29, 1.82) is 0 Å². The van der Waals surface area contributed by atoms with E-state index in [-0.39, 0.29) is 11.7 Å². The number of carbonyl (C=O) groups is 1. The minimum Gasteiger partial charge on any atom is -0.497 e. The molecule has 174 valence electrons. The van der Waals surface area contributed by atoms with Crippen LogP contribution in [0.3, 0.4) is 0 Å². The molecule has 5 nitrogen and oxygen atoms in total. The van der Waals surface area contributed by atoms with Crippen LogP contribution in [0, 0.1) is 11.3 Å². The van der Waals surface area contributed by atoms with Crippen molar-refractivity contribution < 1.29 is 24.1 Å². The van der Waals surface area contributed by atoms with Gasteiger partial charge in [0, 0.05) is 12.3 Å². The Morgan fingerprint density at radius 3 is 2.30 bits per heavy atom. The van der Waals surface area contributed by atoms with Crippen LogP contribution in [0.4, 0.5) is 0 Å². The first-order chi connectivity index (χ1) is 16.0.